The summed E-state index contributed by atoms with van der Waals surface area (Å²) in [6, 6.07) is 6.22. The maximum atomic E-state index is 5.85. The van der Waals surface area contributed by atoms with Crippen LogP contribution in [0.3, 0.4) is 0 Å². The zero-order chi connectivity index (χ0) is 18.6. The van der Waals surface area contributed by atoms with Crippen LogP contribution in [0, 0.1) is 6.92 Å². The Hall–Kier alpha value is -1.06. The molecule has 154 valence electrons. The van der Waals surface area contributed by atoms with E-state index in [4.69, 9.17) is 19.2 Å². The number of hydrogen-bond acceptors (Lipinski definition) is 4. The van der Waals surface area contributed by atoms with Gasteiger partial charge >= 0.3 is 0 Å². The van der Waals surface area contributed by atoms with Crippen molar-refractivity contribution in [3.8, 4) is 5.75 Å². The SMILES string of the molecule is CCNC(=NCc1ccc(C)cc1OCCOC)NCCC1CCCO1.I. The highest BCUT2D eigenvalue weighted by Gasteiger charge is 2.14. The molecule has 6 nitrogen and oxygen atoms in total. The maximum absolute atomic E-state index is 5.85. The van der Waals surface area contributed by atoms with Crippen molar-refractivity contribution in [2.75, 3.05) is 40.0 Å². The highest BCUT2D eigenvalue weighted by molar-refractivity contribution is 14.0. The van der Waals surface area contributed by atoms with Gasteiger partial charge in [-0.25, -0.2) is 4.99 Å². The van der Waals surface area contributed by atoms with Gasteiger partial charge in [-0.15, -0.1) is 24.0 Å². The summed E-state index contributed by atoms with van der Waals surface area (Å²) in [6.07, 6.45) is 3.75. The van der Waals surface area contributed by atoms with E-state index in [-0.39, 0.29) is 24.0 Å². The molecule has 0 radical (unpaired) electrons. The second-order valence-corrected chi connectivity index (χ2v) is 6.50. The van der Waals surface area contributed by atoms with Crippen molar-refractivity contribution in [3.63, 3.8) is 0 Å². The van der Waals surface area contributed by atoms with Gasteiger partial charge in [0.1, 0.15) is 12.4 Å². The molecular weight excluding hydrogens is 457 g/mol. The molecule has 1 unspecified atom stereocenters. The predicted octanol–water partition coefficient (Wildman–Crippen LogP) is 3.26. The van der Waals surface area contributed by atoms with Gasteiger partial charge in [0.05, 0.1) is 19.3 Å². The van der Waals surface area contributed by atoms with Gasteiger partial charge in [0, 0.05) is 32.4 Å². The van der Waals surface area contributed by atoms with Crippen LogP contribution in [0.5, 0.6) is 5.75 Å². The highest BCUT2D eigenvalue weighted by atomic mass is 127. The van der Waals surface area contributed by atoms with Crippen molar-refractivity contribution in [3.05, 3.63) is 29.3 Å². The van der Waals surface area contributed by atoms with Crippen LogP contribution in [0.15, 0.2) is 23.2 Å². The molecule has 0 aromatic heterocycles. The number of nitrogens with zero attached hydrogens (tertiary/aromatic N) is 1. The summed E-state index contributed by atoms with van der Waals surface area (Å²) in [7, 11) is 1.68. The molecule has 2 N–H and O–H groups in total. The van der Waals surface area contributed by atoms with Gasteiger partial charge in [-0.2, -0.15) is 0 Å². The van der Waals surface area contributed by atoms with Crippen LogP contribution in [0.1, 0.15) is 37.3 Å². The van der Waals surface area contributed by atoms with Crippen LogP contribution in [-0.2, 0) is 16.0 Å². The van der Waals surface area contributed by atoms with Crippen molar-refractivity contribution >= 4 is 29.9 Å². The number of hydrogen-bond donors (Lipinski definition) is 2. The largest absolute Gasteiger partial charge is 0.491 e. The molecule has 27 heavy (non-hydrogen) atoms. The van der Waals surface area contributed by atoms with E-state index in [0.29, 0.717) is 25.9 Å². The lowest BCUT2D eigenvalue weighted by Gasteiger charge is -2.15. The van der Waals surface area contributed by atoms with Crippen LogP contribution in [0.4, 0.5) is 0 Å². The molecule has 2 rings (SSSR count). The Kier molecular flexibility index (Phi) is 12.4. The Morgan fingerprint density at radius 2 is 2.15 bits per heavy atom. The first-order valence-electron chi connectivity index (χ1n) is 9.58. The molecule has 7 heteroatoms. The summed E-state index contributed by atoms with van der Waals surface area (Å²) in [6.45, 7) is 8.41. The molecule has 0 aliphatic carbocycles. The molecule has 1 saturated heterocycles. The quantitative estimate of drug-likeness (QED) is 0.228. The third-order valence-corrected chi connectivity index (χ3v) is 4.30. The van der Waals surface area contributed by atoms with E-state index < -0.39 is 0 Å². The van der Waals surface area contributed by atoms with E-state index >= 15 is 0 Å². The molecular formula is C20H34IN3O3. The Morgan fingerprint density at radius 3 is 2.85 bits per heavy atom. The molecule has 1 aliphatic heterocycles. The molecule has 1 aromatic rings. The van der Waals surface area contributed by atoms with E-state index in [2.05, 4.69) is 42.7 Å². The number of halogens is 1. The first kappa shape index (κ1) is 24.0. The molecule has 0 bridgehead atoms. The highest BCUT2D eigenvalue weighted by Crippen LogP contribution is 2.21. The summed E-state index contributed by atoms with van der Waals surface area (Å²) < 4.78 is 16.6. The Morgan fingerprint density at radius 1 is 1.30 bits per heavy atom. The number of ether oxygens (including phenoxy) is 3. The molecule has 1 heterocycles. The van der Waals surface area contributed by atoms with Gasteiger partial charge in [0.2, 0.25) is 0 Å². The Labute approximate surface area is 180 Å². The summed E-state index contributed by atoms with van der Waals surface area (Å²) in [5, 5.41) is 6.70. The van der Waals surface area contributed by atoms with Gasteiger partial charge in [-0.1, -0.05) is 12.1 Å². The van der Waals surface area contributed by atoms with E-state index in [1.54, 1.807) is 7.11 Å². The minimum absolute atomic E-state index is 0. The lowest BCUT2D eigenvalue weighted by atomic mass is 10.1. The number of rotatable bonds is 10. The number of aryl methyl sites for hydroxylation is 1. The van der Waals surface area contributed by atoms with Crippen LogP contribution in [0.2, 0.25) is 0 Å². The summed E-state index contributed by atoms with van der Waals surface area (Å²) in [5.41, 5.74) is 2.25. The summed E-state index contributed by atoms with van der Waals surface area (Å²) in [4.78, 5) is 4.71. The van der Waals surface area contributed by atoms with Crippen molar-refractivity contribution in [1.82, 2.24) is 10.6 Å². The minimum Gasteiger partial charge on any atom is -0.491 e. The smallest absolute Gasteiger partial charge is 0.191 e. The third-order valence-electron chi connectivity index (χ3n) is 4.30. The predicted molar refractivity (Wildman–Crippen MR) is 120 cm³/mol. The van der Waals surface area contributed by atoms with Gasteiger partial charge < -0.3 is 24.8 Å². The van der Waals surface area contributed by atoms with Crippen molar-refractivity contribution in [2.24, 2.45) is 4.99 Å². The summed E-state index contributed by atoms with van der Waals surface area (Å²) >= 11 is 0. The second-order valence-electron chi connectivity index (χ2n) is 6.50. The van der Waals surface area contributed by atoms with E-state index in [9.17, 15) is 0 Å². The van der Waals surface area contributed by atoms with Gasteiger partial charge in [0.15, 0.2) is 5.96 Å². The first-order valence-corrected chi connectivity index (χ1v) is 9.58. The molecule has 1 aromatic carbocycles. The fraction of sp³-hybridized carbons (Fsp3) is 0.650. The average Bonchev–Trinajstić information content (AvgIpc) is 3.14. The molecule has 1 aliphatic rings. The summed E-state index contributed by atoms with van der Waals surface area (Å²) in [5.74, 6) is 1.70. The van der Waals surface area contributed by atoms with Gasteiger partial charge in [-0.3, -0.25) is 0 Å². The molecule has 1 atom stereocenters. The molecule has 1 fully saturated rings. The standard InChI is InChI=1S/C20H33N3O3.HI/c1-4-21-20(22-10-9-18-6-5-11-25-18)23-15-17-8-7-16(2)14-19(17)26-13-12-24-3;/h7-8,14,18H,4-6,9-13,15H2,1-3H3,(H2,21,22,23);1H. The average molecular weight is 491 g/mol. The van der Waals surface area contributed by atoms with Crippen LogP contribution < -0.4 is 15.4 Å². The fourth-order valence-corrected chi connectivity index (χ4v) is 2.89. The monoisotopic (exact) mass is 491 g/mol. The molecule has 0 spiro atoms. The topological polar surface area (TPSA) is 64.1 Å². The van der Waals surface area contributed by atoms with Crippen LogP contribution in [-0.4, -0.2) is 52.1 Å². The van der Waals surface area contributed by atoms with Gasteiger partial charge in [0.25, 0.3) is 0 Å². The number of methoxy groups -OCH3 is 1. The number of benzene rings is 1. The van der Waals surface area contributed by atoms with Crippen LogP contribution >= 0.6 is 24.0 Å². The first-order chi connectivity index (χ1) is 12.7. The lowest BCUT2D eigenvalue weighted by Crippen LogP contribution is -2.38. The number of aliphatic imine (C=N–C) groups is 1. The van der Waals surface area contributed by atoms with E-state index in [1.165, 1.54) is 18.4 Å². The van der Waals surface area contributed by atoms with Crippen molar-refractivity contribution in [2.45, 2.75) is 45.8 Å². The maximum Gasteiger partial charge on any atom is 0.191 e. The Balaban J connectivity index is 0.00000364. The number of nitrogens with one attached hydrogen (secondary N) is 2. The Bertz CT molecular complexity index is 563. The minimum atomic E-state index is 0. The van der Waals surface area contributed by atoms with Crippen molar-refractivity contribution in [1.29, 1.82) is 0 Å². The second kappa shape index (κ2) is 14.0. The fourth-order valence-electron chi connectivity index (χ4n) is 2.89. The number of guanidine groups is 1. The van der Waals surface area contributed by atoms with E-state index in [1.807, 2.05) is 0 Å². The third kappa shape index (κ3) is 9.12. The molecule has 0 amide bonds. The van der Waals surface area contributed by atoms with Crippen molar-refractivity contribution < 1.29 is 14.2 Å². The lowest BCUT2D eigenvalue weighted by molar-refractivity contribution is 0.105. The van der Waals surface area contributed by atoms with E-state index in [0.717, 1.165) is 43.4 Å². The normalized spacial score (nSPS) is 16.7. The van der Waals surface area contributed by atoms with Crippen LogP contribution in [0.25, 0.3) is 0 Å². The molecule has 0 saturated carbocycles. The van der Waals surface area contributed by atoms with Gasteiger partial charge in [-0.05, 0) is 44.7 Å². The zero-order valence-corrected chi connectivity index (χ0v) is 19.1. The zero-order valence-electron chi connectivity index (χ0n) is 16.8.